The van der Waals surface area contributed by atoms with Crippen molar-refractivity contribution in [3.05, 3.63) is 54.5 Å². The summed E-state index contributed by atoms with van der Waals surface area (Å²) in [5.41, 5.74) is 2.03. The number of para-hydroxylation sites is 1. The monoisotopic (exact) mass is 574 g/mol. The van der Waals surface area contributed by atoms with Gasteiger partial charge in [0.2, 0.25) is 5.60 Å². The van der Waals surface area contributed by atoms with Gasteiger partial charge in [-0.25, -0.2) is 14.1 Å². The van der Waals surface area contributed by atoms with Gasteiger partial charge in [0.15, 0.2) is 11.4 Å². The Morgan fingerprint density at radius 1 is 1.38 bits per heavy atom. The number of hydrogen-bond donors (Lipinski definition) is 4. The number of carbonyl (C=O) groups is 1. The fraction of sp³-hybridized carbons (Fsp3) is 0.440. The number of aliphatic hydroxyl groups excluding tert-OH is 1. The van der Waals surface area contributed by atoms with Crippen molar-refractivity contribution in [2.45, 2.75) is 50.0 Å². The first kappa shape index (κ1) is 29.4. The molecule has 214 valence electrons. The molecule has 0 spiro atoms. The normalized spacial score (nSPS) is 24.7. The van der Waals surface area contributed by atoms with E-state index in [1.807, 2.05) is 13.0 Å². The van der Waals surface area contributed by atoms with Gasteiger partial charge in [0, 0.05) is 0 Å². The molecule has 1 aliphatic heterocycles. The number of rotatable bonds is 12. The first-order valence-corrected chi connectivity index (χ1v) is 14.1. The van der Waals surface area contributed by atoms with E-state index in [9.17, 15) is 24.8 Å². The Hall–Kier alpha value is -3.57. The molecular weight excluding hydrogens is 543 g/mol. The molecule has 0 aliphatic carbocycles. The van der Waals surface area contributed by atoms with Crippen LogP contribution in [-0.4, -0.2) is 68.3 Å². The van der Waals surface area contributed by atoms with E-state index >= 15 is 0 Å². The number of carbonyl (C=O) groups excluding carboxylic acids is 1. The number of aromatic nitrogens is 3. The van der Waals surface area contributed by atoms with Crippen LogP contribution >= 0.6 is 7.75 Å². The molecule has 1 fully saturated rings. The number of unbranched alkanes of at least 4 members (excludes halogenated alkanes) is 1. The zero-order valence-electron chi connectivity index (χ0n) is 22.0. The average molecular weight is 575 g/mol. The number of hydrogen-bond acceptors (Lipinski definition) is 12. The van der Waals surface area contributed by atoms with E-state index in [1.165, 1.54) is 36.0 Å². The highest BCUT2D eigenvalue weighted by Crippen LogP contribution is 2.48. The molecule has 1 aliphatic rings. The molecule has 3 aromatic rings. The Morgan fingerprint density at radius 3 is 2.83 bits per heavy atom. The van der Waals surface area contributed by atoms with Crippen molar-refractivity contribution >= 4 is 25.1 Å². The number of anilines is 1. The van der Waals surface area contributed by atoms with Crippen LogP contribution in [0.15, 0.2) is 48.8 Å². The molecule has 5 atom stereocenters. The standard InChI is InChI=1S/C25H31N6O8P/c1-3-4-12-36-22(32)17(2)30-40(35,39-18-8-6-5-7-9-18)38-14-24(13-26)23(33)25(34,15-37-24)20-11-10-19-21(27)28-16-29-31(19)20/h5-11,16-17,23,33-34H,3-4,12,14-15H2,1-2H3,(H,30,35)(H2,27,28,29)/t17-,23+,24+,25+,40?/m0/s1. The number of esters is 1. The van der Waals surface area contributed by atoms with Gasteiger partial charge < -0.3 is 29.9 Å². The second kappa shape index (κ2) is 11.9. The highest BCUT2D eigenvalue weighted by atomic mass is 31.2. The van der Waals surface area contributed by atoms with E-state index in [1.54, 1.807) is 24.3 Å². The van der Waals surface area contributed by atoms with Crippen molar-refractivity contribution in [2.75, 3.05) is 25.6 Å². The maximum Gasteiger partial charge on any atom is 0.459 e. The molecule has 1 aromatic carbocycles. The van der Waals surface area contributed by atoms with Crippen LogP contribution in [0.25, 0.3) is 5.52 Å². The molecule has 3 heterocycles. The Labute approximate surface area is 230 Å². The number of ether oxygens (including phenoxy) is 2. The van der Waals surface area contributed by atoms with Crippen molar-refractivity contribution in [3.8, 4) is 11.8 Å². The lowest BCUT2D eigenvalue weighted by Gasteiger charge is -2.31. The first-order chi connectivity index (χ1) is 19.1. The van der Waals surface area contributed by atoms with Gasteiger partial charge in [-0.1, -0.05) is 31.5 Å². The molecule has 15 heteroatoms. The van der Waals surface area contributed by atoms with Crippen LogP contribution in [0.4, 0.5) is 5.82 Å². The van der Waals surface area contributed by atoms with Crippen LogP contribution in [0.5, 0.6) is 5.75 Å². The Kier molecular flexibility index (Phi) is 8.74. The summed E-state index contributed by atoms with van der Waals surface area (Å²) in [5, 5.41) is 39.4. The van der Waals surface area contributed by atoms with Crippen molar-refractivity contribution < 1.29 is 38.1 Å². The van der Waals surface area contributed by atoms with Crippen molar-refractivity contribution in [2.24, 2.45) is 0 Å². The predicted octanol–water partition coefficient (Wildman–Crippen LogP) is 1.68. The van der Waals surface area contributed by atoms with Gasteiger partial charge in [-0.3, -0.25) is 9.32 Å². The third-order valence-electron chi connectivity index (χ3n) is 6.42. The van der Waals surface area contributed by atoms with Gasteiger partial charge in [0.1, 0.15) is 42.4 Å². The number of benzene rings is 1. The smallest absolute Gasteiger partial charge is 0.459 e. The topological polar surface area (TPSA) is 204 Å². The SMILES string of the molecule is CCCCOC(=O)[C@H](C)NP(=O)(OC[C@@]1(C#N)OC[C@@](O)(c2ccc3c(N)ncnn23)[C@@H]1O)Oc1ccccc1. The minimum atomic E-state index is -4.39. The fourth-order valence-electron chi connectivity index (χ4n) is 4.15. The van der Waals surface area contributed by atoms with Crippen molar-refractivity contribution in [3.63, 3.8) is 0 Å². The third kappa shape index (κ3) is 5.80. The Bertz CT molecular complexity index is 1430. The van der Waals surface area contributed by atoms with Crippen LogP contribution in [0.2, 0.25) is 0 Å². The fourth-order valence-corrected chi connectivity index (χ4v) is 5.67. The van der Waals surface area contributed by atoms with Crippen molar-refractivity contribution in [1.29, 1.82) is 5.26 Å². The molecule has 5 N–H and O–H groups in total. The number of nitriles is 1. The van der Waals surface area contributed by atoms with Gasteiger partial charge in [-0.2, -0.15) is 15.4 Å². The zero-order valence-corrected chi connectivity index (χ0v) is 22.9. The minimum Gasteiger partial charge on any atom is -0.465 e. The summed E-state index contributed by atoms with van der Waals surface area (Å²) < 4.78 is 37.1. The first-order valence-electron chi connectivity index (χ1n) is 12.6. The number of nitrogens with two attached hydrogens (primary N) is 1. The third-order valence-corrected chi connectivity index (χ3v) is 8.05. The van der Waals surface area contributed by atoms with Gasteiger partial charge in [0.05, 0.1) is 18.9 Å². The Balaban J connectivity index is 1.57. The second-order valence-corrected chi connectivity index (χ2v) is 11.0. The number of fused-ring (bicyclic) bond motifs is 1. The molecule has 2 aromatic heterocycles. The summed E-state index contributed by atoms with van der Waals surface area (Å²) in [6, 6.07) is 11.8. The van der Waals surface area contributed by atoms with E-state index < -0.39 is 50.3 Å². The summed E-state index contributed by atoms with van der Waals surface area (Å²) in [4.78, 5) is 16.3. The van der Waals surface area contributed by atoms with Crippen LogP contribution < -0.4 is 15.3 Å². The van der Waals surface area contributed by atoms with Crippen molar-refractivity contribution in [1.82, 2.24) is 19.7 Å². The van der Waals surface area contributed by atoms with Crippen LogP contribution in [0.3, 0.4) is 0 Å². The minimum absolute atomic E-state index is 0.0894. The van der Waals surface area contributed by atoms with E-state index in [0.29, 0.717) is 11.9 Å². The summed E-state index contributed by atoms with van der Waals surface area (Å²) in [6.45, 7) is 2.22. The van der Waals surface area contributed by atoms with Crippen LogP contribution in [0, 0.1) is 11.3 Å². The number of aliphatic hydroxyl groups is 2. The molecule has 0 bridgehead atoms. The molecular formula is C25H31N6O8P. The van der Waals surface area contributed by atoms with Gasteiger partial charge in [-0.05, 0) is 37.6 Å². The summed E-state index contributed by atoms with van der Waals surface area (Å²) in [5.74, 6) is -0.394. The van der Waals surface area contributed by atoms with Gasteiger partial charge in [-0.15, -0.1) is 0 Å². The molecule has 1 saturated heterocycles. The van der Waals surface area contributed by atoms with Gasteiger partial charge >= 0.3 is 13.7 Å². The largest absolute Gasteiger partial charge is 0.465 e. The maximum atomic E-state index is 13.8. The summed E-state index contributed by atoms with van der Waals surface area (Å²) in [6.07, 6.45) is 0.764. The summed E-state index contributed by atoms with van der Waals surface area (Å²) >= 11 is 0. The lowest BCUT2D eigenvalue weighted by atomic mass is 9.86. The molecule has 40 heavy (non-hydrogen) atoms. The van der Waals surface area contributed by atoms with E-state index in [4.69, 9.17) is 24.3 Å². The summed E-state index contributed by atoms with van der Waals surface area (Å²) in [7, 11) is -4.39. The van der Waals surface area contributed by atoms with Crippen LogP contribution in [0.1, 0.15) is 32.4 Å². The second-order valence-electron chi connectivity index (χ2n) is 9.32. The van der Waals surface area contributed by atoms with E-state index in [0.717, 1.165) is 6.42 Å². The lowest BCUT2D eigenvalue weighted by Crippen LogP contribution is -2.51. The van der Waals surface area contributed by atoms with Gasteiger partial charge in [0.25, 0.3) is 0 Å². The molecule has 14 nitrogen and oxygen atoms in total. The molecule has 0 saturated carbocycles. The predicted molar refractivity (Wildman–Crippen MR) is 141 cm³/mol. The highest BCUT2D eigenvalue weighted by molar-refractivity contribution is 7.52. The maximum absolute atomic E-state index is 13.8. The number of nitrogen functional groups attached to an aromatic ring is 1. The Morgan fingerprint density at radius 2 is 2.12 bits per heavy atom. The van der Waals surface area contributed by atoms with E-state index in [2.05, 4.69) is 15.2 Å². The quantitative estimate of drug-likeness (QED) is 0.138. The molecule has 0 amide bonds. The van der Waals surface area contributed by atoms with E-state index in [-0.39, 0.29) is 23.9 Å². The number of nitrogens with one attached hydrogen (secondary N) is 1. The molecule has 4 rings (SSSR count). The number of nitrogens with zero attached hydrogens (tertiary/aromatic N) is 4. The molecule has 0 radical (unpaired) electrons. The average Bonchev–Trinajstić information content (AvgIpc) is 3.49. The van der Waals surface area contributed by atoms with Crippen LogP contribution in [-0.2, 0) is 29.0 Å². The lowest BCUT2D eigenvalue weighted by molar-refractivity contribution is -0.145. The zero-order chi connectivity index (χ0) is 29.0. The highest BCUT2D eigenvalue weighted by Gasteiger charge is 2.61. The molecule has 1 unspecified atom stereocenters.